The van der Waals surface area contributed by atoms with Crippen LogP contribution in [0.4, 0.5) is 0 Å². The van der Waals surface area contributed by atoms with Gasteiger partial charge in [0.2, 0.25) is 0 Å². The van der Waals surface area contributed by atoms with E-state index in [0.717, 1.165) is 0 Å². The molecule has 0 saturated heterocycles. The van der Waals surface area contributed by atoms with Gasteiger partial charge >= 0.3 is 5.97 Å². The maximum absolute atomic E-state index is 12.1. The summed E-state index contributed by atoms with van der Waals surface area (Å²) in [4.78, 5) is 23.7. The molecule has 5 nitrogen and oxygen atoms in total. The molecular formula is C22H18O5. The van der Waals surface area contributed by atoms with Gasteiger partial charge in [0.05, 0.1) is 18.4 Å². The molecule has 1 atom stereocenters. The zero-order valence-corrected chi connectivity index (χ0v) is 14.8. The molecule has 27 heavy (non-hydrogen) atoms. The summed E-state index contributed by atoms with van der Waals surface area (Å²) in [5, 5.41) is 10.8. The van der Waals surface area contributed by atoms with Crippen molar-refractivity contribution in [2.75, 3.05) is 6.61 Å². The van der Waals surface area contributed by atoms with Gasteiger partial charge in [-0.25, -0.2) is 4.79 Å². The molecule has 0 fully saturated rings. The lowest BCUT2D eigenvalue weighted by molar-refractivity contribution is -0.111. The Morgan fingerprint density at radius 3 is 2.74 bits per heavy atom. The molecule has 0 radical (unpaired) electrons. The molecule has 136 valence electrons. The summed E-state index contributed by atoms with van der Waals surface area (Å²) in [6, 6.07) is 10.1. The van der Waals surface area contributed by atoms with Gasteiger partial charge in [0.15, 0.2) is 5.78 Å². The number of ether oxygens (including phenoxy) is 1. The van der Waals surface area contributed by atoms with Crippen LogP contribution in [0.5, 0.6) is 0 Å². The summed E-state index contributed by atoms with van der Waals surface area (Å²) in [5.74, 6) is 5.67. The Kier molecular flexibility index (Phi) is 5.39. The van der Waals surface area contributed by atoms with E-state index in [9.17, 15) is 14.7 Å². The number of furan rings is 1. The molecule has 1 aliphatic carbocycles. The number of esters is 1. The minimum atomic E-state index is -1.46. The Morgan fingerprint density at radius 1 is 1.30 bits per heavy atom. The van der Waals surface area contributed by atoms with E-state index in [-0.39, 0.29) is 23.7 Å². The molecule has 1 N–H and O–H groups in total. The van der Waals surface area contributed by atoms with Crippen LogP contribution in [0.25, 0.3) is 6.08 Å². The third-order valence-corrected chi connectivity index (χ3v) is 4.06. The molecule has 0 aliphatic heterocycles. The van der Waals surface area contributed by atoms with Crippen molar-refractivity contribution in [1.29, 1.82) is 0 Å². The lowest BCUT2D eigenvalue weighted by Gasteiger charge is -2.19. The smallest absolute Gasteiger partial charge is 0.338 e. The fourth-order valence-corrected chi connectivity index (χ4v) is 2.66. The zero-order chi connectivity index (χ0) is 19.3. The maximum Gasteiger partial charge on any atom is 0.338 e. The Balaban J connectivity index is 1.73. The Morgan fingerprint density at radius 2 is 2.07 bits per heavy atom. The molecule has 5 heteroatoms. The number of ketones is 1. The lowest BCUT2D eigenvalue weighted by Crippen LogP contribution is -2.27. The van der Waals surface area contributed by atoms with Crippen molar-refractivity contribution in [2.45, 2.75) is 18.9 Å². The number of hydrogen-bond acceptors (Lipinski definition) is 5. The maximum atomic E-state index is 12.1. The van der Waals surface area contributed by atoms with Gasteiger partial charge < -0.3 is 14.3 Å². The van der Waals surface area contributed by atoms with E-state index in [2.05, 4.69) is 11.8 Å². The summed E-state index contributed by atoms with van der Waals surface area (Å²) in [6.45, 7) is 2.07. The van der Waals surface area contributed by atoms with E-state index in [1.165, 1.54) is 24.5 Å². The van der Waals surface area contributed by atoms with Gasteiger partial charge in [0.1, 0.15) is 11.4 Å². The van der Waals surface area contributed by atoms with Crippen molar-refractivity contribution in [3.05, 3.63) is 77.3 Å². The third-order valence-electron chi connectivity index (χ3n) is 4.06. The zero-order valence-electron chi connectivity index (χ0n) is 14.8. The van der Waals surface area contributed by atoms with Gasteiger partial charge in [-0.05, 0) is 61.5 Å². The van der Waals surface area contributed by atoms with Crippen molar-refractivity contribution in [3.63, 3.8) is 0 Å². The summed E-state index contributed by atoms with van der Waals surface area (Å²) >= 11 is 0. The summed E-state index contributed by atoms with van der Waals surface area (Å²) in [6.07, 6.45) is 5.87. The minimum Gasteiger partial charge on any atom is -0.465 e. The van der Waals surface area contributed by atoms with Gasteiger partial charge in [-0.15, -0.1) is 0 Å². The van der Waals surface area contributed by atoms with Crippen molar-refractivity contribution in [1.82, 2.24) is 0 Å². The molecule has 1 unspecified atom stereocenters. The second kappa shape index (κ2) is 7.90. The summed E-state index contributed by atoms with van der Waals surface area (Å²) in [5.41, 5.74) is -0.0863. The van der Waals surface area contributed by atoms with Gasteiger partial charge in [-0.2, -0.15) is 0 Å². The average Bonchev–Trinajstić information content (AvgIpc) is 3.27. The standard InChI is InChI=1S/C22H18O5/c1-2-26-21(24)17-9-7-16(8-10-17)5-3-12-22(25)13-11-20(23)19(22)15-18-6-4-14-27-18/h4,6-11,13-15,25H,2,12H2,1H3/b19-15-. The monoisotopic (exact) mass is 362 g/mol. The Labute approximate surface area is 157 Å². The second-order valence-electron chi connectivity index (χ2n) is 5.97. The normalized spacial score (nSPS) is 19.8. The fraction of sp³-hybridized carbons (Fsp3) is 0.182. The lowest BCUT2D eigenvalue weighted by atomic mass is 9.92. The predicted molar refractivity (Wildman–Crippen MR) is 99.7 cm³/mol. The minimum absolute atomic E-state index is 0.0570. The summed E-state index contributed by atoms with van der Waals surface area (Å²) in [7, 11) is 0. The van der Waals surface area contributed by atoms with E-state index in [4.69, 9.17) is 9.15 Å². The molecule has 0 amide bonds. The van der Waals surface area contributed by atoms with Crippen molar-refractivity contribution >= 4 is 17.8 Å². The van der Waals surface area contributed by atoms with E-state index < -0.39 is 5.60 Å². The molecular weight excluding hydrogens is 344 g/mol. The SMILES string of the molecule is CCOC(=O)c1ccc(C#CCC2(O)C=CC(=O)/C2=C/c2ccco2)cc1. The van der Waals surface area contributed by atoms with Gasteiger partial charge in [0.25, 0.3) is 0 Å². The molecule has 2 aromatic rings. The molecule has 0 saturated carbocycles. The van der Waals surface area contributed by atoms with E-state index >= 15 is 0 Å². The number of benzene rings is 1. The van der Waals surface area contributed by atoms with Crippen molar-refractivity contribution in [2.24, 2.45) is 0 Å². The first kappa shape index (κ1) is 18.4. The first-order valence-electron chi connectivity index (χ1n) is 8.49. The summed E-state index contributed by atoms with van der Waals surface area (Å²) < 4.78 is 10.2. The number of carbonyl (C=O) groups excluding carboxylic acids is 2. The second-order valence-corrected chi connectivity index (χ2v) is 5.97. The van der Waals surface area contributed by atoms with Crippen LogP contribution < -0.4 is 0 Å². The molecule has 1 heterocycles. The van der Waals surface area contributed by atoms with Gasteiger partial charge in [-0.1, -0.05) is 11.8 Å². The largest absolute Gasteiger partial charge is 0.465 e. The number of aliphatic hydroxyl groups is 1. The van der Waals surface area contributed by atoms with Crippen LogP contribution in [0.1, 0.15) is 35.0 Å². The number of carbonyl (C=O) groups is 2. The number of allylic oxidation sites excluding steroid dienone is 1. The van der Waals surface area contributed by atoms with Crippen molar-refractivity contribution < 1.29 is 23.8 Å². The molecule has 1 aliphatic rings. The third kappa shape index (κ3) is 4.25. The quantitative estimate of drug-likeness (QED) is 0.514. The molecule has 0 spiro atoms. The highest BCUT2D eigenvalue weighted by molar-refractivity contribution is 6.11. The van der Waals surface area contributed by atoms with Crippen LogP contribution in [-0.2, 0) is 9.53 Å². The van der Waals surface area contributed by atoms with Gasteiger partial charge in [-0.3, -0.25) is 4.79 Å². The molecule has 3 rings (SSSR count). The van der Waals surface area contributed by atoms with Crippen LogP contribution in [0.2, 0.25) is 0 Å². The fourth-order valence-electron chi connectivity index (χ4n) is 2.66. The van der Waals surface area contributed by atoms with Crippen LogP contribution >= 0.6 is 0 Å². The highest BCUT2D eigenvalue weighted by Crippen LogP contribution is 2.31. The van der Waals surface area contributed by atoms with E-state index in [1.54, 1.807) is 43.3 Å². The topological polar surface area (TPSA) is 76.7 Å². The van der Waals surface area contributed by atoms with Gasteiger partial charge in [0, 0.05) is 17.6 Å². The van der Waals surface area contributed by atoms with Crippen LogP contribution in [-0.4, -0.2) is 29.1 Å². The van der Waals surface area contributed by atoms with Crippen molar-refractivity contribution in [3.8, 4) is 11.8 Å². The predicted octanol–water partition coefficient (Wildman–Crippen LogP) is 3.15. The van der Waals surface area contributed by atoms with Crippen LogP contribution in [0, 0.1) is 11.8 Å². The highest BCUT2D eigenvalue weighted by Gasteiger charge is 2.36. The molecule has 1 aromatic carbocycles. The highest BCUT2D eigenvalue weighted by atomic mass is 16.5. The number of rotatable bonds is 4. The molecule has 1 aromatic heterocycles. The Bertz CT molecular complexity index is 952. The first-order chi connectivity index (χ1) is 13.0. The average molecular weight is 362 g/mol. The first-order valence-corrected chi connectivity index (χ1v) is 8.49. The van der Waals surface area contributed by atoms with E-state index in [1.807, 2.05) is 0 Å². The van der Waals surface area contributed by atoms with Crippen LogP contribution in [0.15, 0.2) is 64.8 Å². The van der Waals surface area contributed by atoms with Crippen LogP contribution in [0.3, 0.4) is 0 Å². The Hall–Kier alpha value is -3.36. The molecule has 0 bridgehead atoms. The van der Waals surface area contributed by atoms with E-state index in [0.29, 0.717) is 23.5 Å². The number of hydrogen-bond donors (Lipinski definition) is 1.